The summed E-state index contributed by atoms with van der Waals surface area (Å²) in [4.78, 5) is 25.8. The van der Waals surface area contributed by atoms with Crippen molar-refractivity contribution in [1.29, 1.82) is 0 Å². The van der Waals surface area contributed by atoms with E-state index in [0.29, 0.717) is 18.8 Å². The summed E-state index contributed by atoms with van der Waals surface area (Å²) in [6, 6.07) is 14.4. The second kappa shape index (κ2) is 14.7. The maximum atomic E-state index is 13.9. The van der Waals surface area contributed by atoms with E-state index < -0.39 is 46.1 Å². The highest BCUT2D eigenvalue weighted by Gasteiger charge is 2.56. The molecule has 2 heterocycles. The topological polar surface area (TPSA) is 150 Å². The van der Waals surface area contributed by atoms with Crippen molar-refractivity contribution in [3.05, 3.63) is 60.2 Å². The second-order valence-corrected chi connectivity index (χ2v) is 13.4. The number of benzene rings is 2. The van der Waals surface area contributed by atoms with Crippen LogP contribution < -0.4 is 10.1 Å². The van der Waals surface area contributed by atoms with Gasteiger partial charge in [-0.25, -0.2) is 13.2 Å². The summed E-state index contributed by atoms with van der Waals surface area (Å²) in [5.74, 6) is -1.71. The molecule has 2 fully saturated rings. The number of sulfonamides is 1. The summed E-state index contributed by atoms with van der Waals surface area (Å²) >= 11 is 0. The van der Waals surface area contributed by atoms with Crippen LogP contribution in [0.15, 0.2) is 59.5 Å². The second-order valence-electron chi connectivity index (χ2n) is 11.4. The molecule has 2 aromatic carbocycles. The number of hydrogen-bond acceptors (Lipinski definition) is 10. The molecule has 5 atom stereocenters. The highest BCUT2D eigenvalue weighted by molar-refractivity contribution is 7.89. The molecule has 0 saturated carbocycles. The maximum absolute atomic E-state index is 13.9. The molecule has 0 unspecified atom stereocenters. The lowest BCUT2D eigenvalue weighted by Crippen LogP contribution is -2.53. The van der Waals surface area contributed by atoms with Crippen LogP contribution in [-0.2, 0) is 40.2 Å². The Balaban J connectivity index is 1.61. The SMILES string of the molecule is COc1ccc(S(=O)(=O)N(CC(C)C)C[C@@H](OC(C)=O)[C@H](Cc2ccccc2)NC(=O)O[C@H]2CO[C@@]3(CO)OCC[C@@H]23)cc1. The zero-order valence-corrected chi connectivity index (χ0v) is 26.3. The molecule has 4 rings (SSSR count). The van der Waals surface area contributed by atoms with E-state index in [-0.39, 0.29) is 49.5 Å². The number of carbonyl (C=O) groups is 2. The van der Waals surface area contributed by atoms with Crippen molar-refractivity contribution >= 4 is 22.1 Å². The quantitative estimate of drug-likeness (QED) is 0.297. The zero-order valence-electron chi connectivity index (χ0n) is 25.5. The van der Waals surface area contributed by atoms with E-state index in [1.54, 1.807) is 12.1 Å². The Bertz CT molecular complexity index is 1360. The van der Waals surface area contributed by atoms with Crippen molar-refractivity contribution < 1.29 is 46.8 Å². The number of aliphatic hydroxyl groups excluding tert-OH is 1. The molecule has 0 bridgehead atoms. The molecule has 44 heavy (non-hydrogen) atoms. The lowest BCUT2D eigenvalue weighted by atomic mass is 9.95. The van der Waals surface area contributed by atoms with Gasteiger partial charge in [-0.2, -0.15) is 4.31 Å². The molecule has 2 aromatic rings. The Hall–Kier alpha value is -3.23. The fraction of sp³-hybridized carbons (Fsp3) is 0.548. The molecular formula is C31H42N2O10S. The van der Waals surface area contributed by atoms with E-state index in [4.69, 9.17) is 23.7 Å². The zero-order chi connectivity index (χ0) is 31.9. The number of esters is 1. The average molecular weight is 635 g/mol. The van der Waals surface area contributed by atoms with Crippen LogP contribution in [0.5, 0.6) is 5.75 Å². The number of nitrogens with zero attached hydrogens (tertiary/aromatic N) is 1. The molecule has 2 saturated heterocycles. The van der Waals surface area contributed by atoms with Gasteiger partial charge in [-0.3, -0.25) is 4.79 Å². The summed E-state index contributed by atoms with van der Waals surface area (Å²) in [7, 11) is -2.54. The lowest BCUT2D eigenvalue weighted by molar-refractivity contribution is -0.216. The van der Waals surface area contributed by atoms with Gasteiger partial charge in [0.05, 0.1) is 50.3 Å². The van der Waals surface area contributed by atoms with Gasteiger partial charge in [0.25, 0.3) is 0 Å². The smallest absolute Gasteiger partial charge is 0.407 e. The molecule has 12 nitrogen and oxygen atoms in total. The van der Waals surface area contributed by atoms with Gasteiger partial charge in [0.1, 0.15) is 18.0 Å². The Morgan fingerprint density at radius 1 is 1.09 bits per heavy atom. The predicted molar refractivity (Wildman–Crippen MR) is 159 cm³/mol. The Morgan fingerprint density at radius 3 is 2.41 bits per heavy atom. The molecule has 2 aliphatic heterocycles. The van der Waals surface area contributed by atoms with E-state index in [1.807, 2.05) is 44.2 Å². The van der Waals surface area contributed by atoms with Gasteiger partial charge in [0.2, 0.25) is 10.0 Å². The molecule has 2 N–H and O–H groups in total. The number of amides is 1. The summed E-state index contributed by atoms with van der Waals surface area (Å²) in [5.41, 5.74) is 0.830. The predicted octanol–water partition coefficient (Wildman–Crippen LogP) is 2.74. The van der Waals surface area contributed by atoms with E-state index in [9.17, 15) is 23.1 Å². The molecule has 0 aliphatic carbocycles. The first kappa shape index (κ1) is 33.7. The summed E-state index contributed by atoms with van der Waals surface area (Å²) < 4.78 is 57.0. The molecule has 0 radical (unpaired) electrons. The van der Waals surface area contributed by atoms with Crippen LogP contribution in [0.4, 0.5) is 4.79 Å². The van der Waals surface area contributed by atoms with Crippen LogP contribution in [0.2, 0.25) is 0 Å². The standard InChI is InChI=1S/C31H42N2O10S/c1-21(2)17-33(44(37,38)25-12-10-24(39-4)11-13-25)18-28(42-22(3)35)27(16-23-8-6-5-7-9-23)32-30(36)43-29-19-41-31(20-34)26(29)14-15-40-31/h5-13,21,26-29,34H,14-20H2,1-4H3,(H,32,36)/t26-,27-,28+,29-,31+/m0/s1. The van der Waals surface area contributed by atoms with Crippen molar-refractivity contribution in [1.82, 2.24) is 9.62 Å². The fourth-order valence-corrected chi connectivity index (χ4v) is 7.28. The molecule has 0 aromatic heterocycles. The van der Waals surface area contributed by atoms with Crippen molar-refractivity contribution in [2.24, 2.45) is 11.8 Å². The monoisotopic (exact) mass is 634 g/mol. The fourth-order valence-electron chi connectivity index (χ4n) is 5.67. The Labute approximate surface area is 258 Å². The number of methoxy groups -OCH3 is 1. The summed E-state index contributed by atoms with van der Waals surface area (Å²) in [6.45, 7) is 4.98. The van der Waals surface area contributed by atoms with Gasteiger partial charge in [0.15, 0.2) is 5.79 Å². The minimum Gasteiger partial charge on any atom is -0.497 e. The Kier molecular flexibility index (Phi) is 11.2. The third kappa shape index (κ3) is 8.07. The van der Waals surface area contributed by atoms with Crippen molar-refractivity contribution in [2.45, 2.75) is 62.5 Å². The van der Waals surface area contributed by atoms with Crippen LogP contribution in [0.3, 0.4) is 0 Å². The van der Waals surface area contributed by atoms with Gasteiger partial charge in [-0.15, -0.1) is 0 Å². The number of fused-ring (bicyclic) bond motifs is 1. The van der Waals surface area contributed by atoms with Gasteiger partial charge < -0.3 is 34.1 Å². The summed E-state index contributed by atoms with van der Waals surface area (Å²) in [6.07, 6.45) is -1.75. The third-order valence-corrected chi connectivity index (χ3v) is 9.62. The first-order chi connectivity index (χ1) is 21.0. The van der Waals surface area contributed by atoms with Crippen LogP contribution in [0.25, 0.3) is 0 Å². The molecule has 13 heteroatoms. The van der Waals surface area contributed by atoms with Crippen LogP contribution in [0.1, 0.15) is 32.8 Å². The van der Waals surface area contributed by atoms with Crippen molar-refractivity contribution in [3.8, 4) is 5.75 Å². The minimum absolute atomic E-state index is 0.0532. The lowest BCUT2D eigenvalue weighted by Gasteiger charge is -2.33. The highest BCUT2D eigenvalue weighted by atomic mass is 32.2. The van der Waals surface area contributed by atoms with Crippen molar-refractivity contribution in [3.63, 3.8) is 0 Å². The van der Waals surface area contributed by atoms with E-state index in [1.165, 1.54) is 30.5 Å². The minimum atomic E-state index is -4.04. The van der Waals surface area contributed by atoms with Gasteiger partial charge in [0, 0.05) is 13.5 Å². The highest BCUT2D eigenvalue weighted by Crippen LogP contribution is 2.42. The van der Waals surface area contributed by atoms with Crippen LogP contribution >= 0.6 is 0 Å². The number of alkyl carbamates (subject to hydrolysis) is 1. The first-order valence-corrected chi connectivity index (χ1v) is 16.1. The first-order valence-electron chi connectivity index (χ1n) is 14.7. The van der Waals surface area contributed by atoms with Crippen LogP contribution in [0, 0.1) is 11.8 Å². The van der Waals surface area contributed by atoms with E-state index in [0.717, 1.165) is 5.56 Å². The maximum Gasteiger partial charge on any atom is 0.407 e. The molecule has 1 amide bonds. The number of nitrogens with one attached hydrogen (secondary N) is 1. The van der Waals surface area contributed by atoms with Gasteiger partial charge in [-0.05, 0) is 48.6 Å². The van der Waals surface area contributed by atoms with Crippen molar-refractivity contribution in [2.75, 3.05) is 40.0 Å². The number of rotatable bonds is 14. The van der Waals surface area contributed by atoms with E-state index in [2.05, 4.69) is 5.32 Å². The summed E-state index contributed by atoms with van der Waals surface area (Å²) in [5, 5.41) is 12.7. The number of carbonyl (C=O) groups excluding carboxylic acids is 2. The molecule has 2 aliphatic rings. The number of hydrogen-bond donors (Lipinski definition) is 2. The average Bonchev–Trinajstić information content (AvgIpc) is 3.56. The van der Waals surface area contributed by atoms with Gasteiger partial charge >= 0.3 is 12.1 Å². The van der Waals surface area contributed by atoms with Gasteiger partial charge in [-0.1, -0.05) is 44.2 Å². The Morgan fingerprint density at radius 2 is 1.80 bits per heavy atom. The van der Waals surface area contributed by atoms with Crippen LogP contribution in [-0.4, -0.2) is 93.9 Å². The van der Waals surface area contributed by atoms with E-state index >= 15 is 0 Å². The third-order valence-electron chi connectivity index (χ3n) is 7.78. The molecule has 242 valence electrons. The molecular weight excluding hydrogens is 592 g/mol. The largest absolute Gasteiger partial charge is 0.497 e. The normalized spacial score (nSPS) is 22.8. The number of ether oxygens (including phenoxy) is 5. The number of aliphatic hydroxyl groups is 1. The molecule has 0 spiro atoms.